The third-order valence-corrected chi connectivity index (χ3v) is 4.47. The van der Waals surface area contributed by atoms with Gasteiger partial charge in [-0.15, -0.1) is 10.2 Å². The van der Waals surface area contributed by atoms with E-state index in [-0.39, 0.29) is 5.82 Å². The van der Waals surface area contributed by atoms with Crippen molar-refractivity contribution in [2.24, 2.45) is 0 Å². The molecular formula is C17H13FN4OS. The Morgan fingerprint density at radius 1 is 1.08 bits per heavy atom. The van der Waals surface area contributed by atoms with Gasteiger partial charge in [-0.1, -0.05) is 35.6 Å². The van der Waals surface area contributed by atoms with E-state index in [4.69, 9.17) is 4.74 Å². The summed E-state index contributed by atoms with van der Waals surface area (Å²) in [6.45, 7) is 2.33. The van der Waals surface area contributed by atoms with E-state index >= 15 is 0 Å². The molecule has 0 bridgehead atoms. The molecule has 0 radical (unpaired) electrons. The number of benzene rings is 2. The highest BCUT2D eigenvalue weighted by molar-refractivity contribution is 7.16. The van der Waals surface area contributed by atoms with Crippen molar-refractivity contribution >= 4 is 16.3 Å². The maximum atomic E-state index is 12.9. The SMILES string of the molecule is Cc1ccccc1-c1nnc2sc(COc3ccc(F)cc3)nn12. The van der Waals surface area contributed by atoms with E-state index in [9.17, 15) is 4.39 Å². The number of aryl methyl sites for hydroxylation is 1. The first-order valence-corrected chi connectivity index (χ1v) is 8.18. The molecule has 0 unspecified atom stereocenters. The first-order valence-electron chi connectivity index (χ1n) is 7.36. The van der Waals surface area contributed by atoms with E-state index in [1.807, 2.05) is 31.2 Å². The lowest BCUT2D eigenvalue weighted by molar-refractivity contribution is 0.303. The van der Waals surface area contributed by atoms with Crippen molar-refractivity contribution in [3.63, 3.8) is 0 Å². The van der Waals surface area contributed by atoms with E-state index in [0.717, 1.165) is 16.1 Å². The quantitative estimate of drug-likeness (QED) is 0.566. The molecule has 0 saturated heterocycles. The van der Waals surface area contributed by atoms with Crippen molar-refractivity contribution < 1.29 is 9.13 Å². The number of nitrogens with zero attached hydrogens (tertiary/aromatic N) is 4. The highest BCUT2D eigenvalue weighted by atomic mass is 32.1. The molecule has 5 nitrogen and oxygen atoms in total. The van der Waals surface area contributed by atoms with Gasteiger partial charge in [0.05, 0.1) is 0 Å². The van der Waals surface area contributed by atoms with Gasteiger partial charge >= 0.3 is 0 Å². The van der Waals surface area contributed by atoms with E-state index in [2.05, 4.69) is 15.3 Å². The van der Waals surface area contributed by atoms with E-state index in [1.165, 1.54) is 23.5 Å². The standard InChI is InChI=1S/C17H13FN4OS/c1-11-4-2-3-5-14(11)16-19-20-17-22(16)21-15(24-17)10-23-13-8-6-12(18)7-9-13/h2-9H,10H2,1H3. The average molecular weight is 340 g/mol. The molecule has 120 valence electrons. The Balaban J connectivity index is 1.60. The molecule has 0 amide bonds. The van der Waals surface area contributed by atoms with Gasteiger partial charge < -0.3 is 4.74 Å². The highest BCUT2D eigenvalue weighted by Gasteiger charge is 2.15. The van der Waals surface area contributed by atoms with E-state index in [1.54, 1.807) is 16.6 Å². The Hall–Kier alpha value is -2.80. The molecule has 4 aromatic rings. The Bertz CT molecular complexity index is 993. The van der Waals surface area contributed by atoms with Crippen LogP contribution in [0.2, 0.25) is 0 Å². The monoisotopic (exact) mass is 340 g/mol. The summed E-state index contributed by atoms with van der Waals surface area (Å²) >= 11 is 1.42. The maximum absolute atomic E-state index is 12.9. The van der Waals surface area contributed by atoms with Gasteiger partial charge in [0, 0.05) is 5.56 Å². The summed E-state index contributed by atoms with van der Waals surface area (Å²) in [5.74, 6) is 1.03. The van der Waals surface area contributed by atoms with Crippen molar-refractivity contribution in [1.82, 2.24) is 19.8 Å². The number of aromatic nitrogens is 4. The minimum Gasteiger partial charge on any atom is -0.486 e. The molecule has 7 heteroatoms. The molecular weight excluding hydrogens is 327 g/mol. The fourth-order valence-corrected chi connectivity index (χ4v) is 3.13. The third-order valence-electron chi connectivity index (χ3n) is 3.59. The largest absolute Gasteiger partial charge is 0.486 e. The Labute approximate surface area is 141 Å². The second-order valence-electron chi connectivity index (χ2n) is 5.27. The van der Waals surface area contributed by atoms with Crippen LogP contribution in [-0.4, -0.2) is 19.8 Å². The number of ether oxygens (including phenoxy) is 1. The fourth-order valence-electron chi connectivity index (χ4n) is 2.38. The molecule has 0 N–H and O–H groups in total. The molecule has 24 heavy (non-hydrogen) atoms. The number of halogens is 1. The minimum atomic E-state index is -0.288. The Morgan fingerprint density at radius 3 is 2.67 bits per heavy atom. The summed E-state index contributed by atoms with van der Waals surface area (Å²) in [6.07, 6.45) is 0. The van der Waals surface area contributed by atoms with Gasteiger partial charge in [-0.3, -0.25) is 0 Å². The zero-order valence-corrected chi connectivity index (χ0v) is 13.6. The number of rotatable bonds is 4. The molecule has 4 rings (SSSR count). The predicted molar refractivity (Wildman–Crippen MR) is 89.6 cm³/mol. The van der Waals surface area contributed by atoms with Crippen LogP contribution in [0.5, 0.6) is 5.75 Å². The van der Waals surface area contributed by atoms with Crippen LogP contribution < -0.4 is 4.74 Å². The van der Waals surface area contributed by atoms with Crippen LogP contribution in [0.15, 0.2) is 48.5 Å². The first kappa shape index (κ1) is 14.8. The van der Waals surface area contributed by atoms with Crippen molar-refractivity contribution in [2.75, 3.05) is 0 Å². The molecule has 0 aliphatic rings. The summed E-state index contributed by atoms with van der Waals surface area (Å²) in [4.78, 5) is 0.714. The van der Waals surface area contributed by atoms with Crippen molar-refractivity contribution in [3.05, 3.63) is 64.9 Å². The molecule has 2 aromatic heterocycles. The molecule has 0 saturated carbocycles. The van der Waals surface area contributed by atoms with Gasteiger partial charge in [0.2, 0.25) is 4.96 Å². The smallest absolute Gasteiger partial charge is 0.235 e. The normalized spacial score (nSPS) is 11.1. The summed E-state index contributed by atoms with van der Waals surface area (Å²) in [5, 5.41) is 13.7. The van der Waals surface area contributed by atoms with Crippen molar-refractivity contribution in [2.45, 2.75) is 13.5 Å². The third kappa shape index (κ3) is 2.74. The van der Waals surface area contributed by atoms with Gasteiger partial charge in [-0.25, -0.2) is 4.39 Å². The second-order valence-corrected chi connectivity index (χ2v) is 6.31. The molecule has 0 spiro atoms. The molecule has 0 fully saturated rings. The van der Waals surface area contributed by atoms with E-state index < -0.39 is 0 Å². The highest BCUT2D eigenvalue weighted by Crippen LogP contribution is 2.24. The molecule has 0 atom stereocenters. The van der Waals surface area contributed by atoms with Crippen molar-refractivity contribution in [3.8, 4) is 17.1 Å². The van der Waals surface area contributed by atoms with Crippen molar-refractivity contribution in [1.29, 1.82) is 0 Å². The molecule has 2 heterocycles. The average Bonchev–Trinajstić information content (AvgIpc) is 3.15. The number of hydrogen-bond donors (Lipinski definition) is 0. The van der Waals surface area contributed by atoms with Gasteiger partial charge in [-0.2, -0.15) is 9.61 Å². The van der Waals surface area contributed by atoms with Crippen LogP contribution in [0.1, 0.15) is 10.6 Å². The first-order chi connectivity index (χ1) is 11.7. The summed E-state index contributed by atoms with van der Waals surface area (Å²) in [7, 11) is 0. The van der Waals surface area contributed by atoms with Crippen LogP contribution in [0, 0.1) is 12.7 Å². The van der Waals surface area contributed by atoms with Crippen LogP contribution in [0.4, 0.5) is 4.39 Å². The van der Waals surface area contributed by atoms with Gasteiger partial charge in [-0.05, 0) is 36.8 Å². The molecule has 0 aliphatic heterocycles. The lowest BCUT2D eigenvalue weighted by atomic mass is 10.1. The zero-order chi connectivity index (χ0) is 16.5. The Kier molecular flexibility index (Phi) is 3.70. The number of fused-ring (bicyclic) bond motifs is 1. The predicted octanol–water partition coefficient (Wildman–Crippen LogP) is 3.88. The van der Waals surface area contributed by atoms with Crippen LogP contribution in [-0.2, 0) is 6.61 Å². The topological polar surface area (TPSA) is 52.3 Å². The number of hydrogen-bond acceptors (Lipinski definition) is 5. The lowest BCUT2D eigenvalue weighted by Crippen LogP contribution is -1.98. The zero-order valence-electron chi connectivity index (χ0n) is 12.8. The Morgan fingerprint density at radius 2 is 1.88 bits per heavy atom. The van der Waals surface area contributed by atoms with Crippen LogP contribution in [0.3, 0.4) is 0 Å². The lowest BCUT2D eigenvalue weighted by Gasteiger charge is -2.03. The van der Waals surface area contributed by atoms with Crippen LogP contribution >= 0.6 is 11.3 Å². The summed E-state index contributed by atoms with van der Waals surface area (Å²) in [5.41, 5.74) is 2.12. The molecule has 0 aliphatic carbocycles. The maximum Gasteiger partial charge on any atom is 0.235 e. The van der Waals surface area contributed by atoms with E-state index in [0.29, 0.717) is 23.1 Å². The van der Waals surface area contributed by atoms with Gasteiger partial charge in [0.25, 0.3) is 0 Å². The summed E-state index contributed by atoms with van der Waals surface area (Å²) in [6, 6.07) is 13.9. The minimum absolute atomic E-state index is 0.288. The summed E-state index contributed by atoms with van der Waals surface area (Å²) < 4.78 is 20.3. The second kappa shape index (κ2) is 6.01. The van der Waals surface area contributed by atoms with Crippen LogP contribution in [0.25, 0.3) is 16.3 Å². The fraction of sp³-hybridized carbons (Fsp3) is 0.118. The van der Waals surface area contributed by atoms with Gasteiger partial charge in [0.15, 0.2) is 10.8 Å². The molecule has 2 aromatic carbocycles. The van der Waals surface area contributed by atoms with Gasteiger partial charge in [0.1, 0.15) is 18.2 Å².